The summed E-state index contributed by atoms with van der Waals surface area (Å²) in [7, 11) is 0. The molecule has 2 aromatic heterocycles. The van der Waals surface area contributed by atoms with E-state index in [1.165, 1.54) is 0 Å². The number of piperidine rings is 1. The molecule has 0 spiro atoms. The molecule has 24 heavy (non-hydrogen) atoms. The molecule has 0 radical (unpaired) electrons. The number of nitrogens with zero attached hydrogens (tertiary/aromatic N) is 5. The topological polar surface area (TPSA) is 67.6 Å². The van der Waals surface area contributed by atoms with E-state index in [0.717, 1.165) is 43.1 Å². The predicted octanol–water partition coefficient (Wildman–Crippen LogP) is 2.74. The van der Waals surface area contributed by atoms with Crippen molar-refractivity contribution in [3.8, 4) is 0 Å². The highest BCUT2D eigenvalue weighted by molar-refractivity contribution is 6.29. The van der Waals surface area contributed by atoms with Gasteiger partial charge in [-0.2, -0.15) is 9.61 Å². The molecule has 0 aliphatic carbocycles. The molecule has 2 aromatic rings. The number of fused-ring (bicyclic) bond motifs is 1. The van der Waals surface area contributed by atoms with Crippen LogP contribution in [0.4, 0.5) is 5.69 Å². The zero-order valence-corrected chi connectivity index (χ0v) is 15.5. The Morgan fingerprint density at radius 3 is 2.67 bits per heavy atom. The largest absolute Gasteiger partial charge is 0.379 e. The molecule has 0 saturated carbocycles. The molecular weight excluding hydrogens is 328 g/mol. The van der Waals surface area contributed by atoms with E-state index >= 15 is 0 Å². The van der Waals surface area contributed by atoms with Gasteiger partial charge in [0.25, 0.3) is 0 Å². The van der Waals surface area contributed by atoms with Gasteiger partial charge in [0, 0.05) is 25.2 Å². The van der Waals surface area contributed by atoms with Gasteiger partial charge < -0.3 is 10.1 Å². The lowest BCUT2D eigenvalue weighted by atomic mass is 10.1. The van der Waals surface area contributed by atoms with E-state index in [4.69, 9.17) is 16.3 Å². The highest BCUT2D eigenvalue weighted by Crippen LogP contribution is 2.23. The van der Waals surface area contributed by atoms with Gasteiger partial charge in [-0.15, -0.1) is 10.2 Å². The molecule has 0 amide bonds. The molecule has 1 aliphatic rings. The zero-order valence-electron chi connectivity index (χ0n) is 14.7. The van der Waals surface area contributed by atoms with E-state index in [0.29, 0.717) is 17.9 Å². The number of likely N-dealkylation sites (tertiary alicyclic amines) is 1. The molecule has 7 nitrogen and oxygen atoms in total. The maximum atomic E-state index is 6.13. The van der Waals surface area contributed by atoms with Crippen molar-refractivity contribution in [1.29, 1.82) is 0 Å². The van der Waals surface area contributed by atoms with Crippen LogP contribution in [0.5, 0.6) is 0 Å². The average Bonchev–Trinajstić information content (AvgIpc) is 2.87. The molecule has 0 bridgehead atoms. The van der Waals surface area contributed by atoms with Crippen molar-refractivity contribution in [2.24, 2.45) is 0 Å². The standard InChI is InChI=1S/C16H25ClN6O/c1-11-19-20-15-13(9-14(17)21-23(11)15)18-12-5-7-22(8-6-12)10-24-16(2,3)4/h9,12,18H,5-8,10H2,1-4H3. The monoisotopic (exact) mass is 352 g/mol. The fraction of sp³-hybridized carbons (Fsp3) is 0.688. The van der Waals surface area contributed by atoms with Gasteiger partial charge in [-0.25, -0.2) is 0 Å². The maximum Gasteiger partial charge on any atom is 0.201 e. The molecule has 3 rings (SSSR count). The lowest BCUT2D eigenvalue weighted by molar-refractivity contribution is -0.0683. The molecule has 1 N–H and O–H groups in total. The smallest absolute Gasteiger partial charge is 0.201 e. The summed E-state index contributed by atoms with van der Waals surface area (Å²) in [4.78, 5) is 2.35. The van der Waals surface area contributed by atoms with Crippen LogP contribution in [0, 0.1) is 6.92 Å². The van der Waals surface area contributed by atoms with Crippen LogP contribution in [0.3, 0.4) is 0 Å². The highest BCUT2D eigenvalue weighted by atomic mass is 35.5. The second kappa shape index (κ2) is 6.82. The summed E-state index contributed by atoms with van der Waals surface area (Å²) in [6.07, 6.45) is 2.10. The summed E-state index contributed by atoms with van der Waals surface area (Å²) in [5, 5.41) is 16.5. The van der Waals surface area contributed by atoms with Crippen molar-refractivity contribution in [1.82, 2.24) is 24.7 Å². The Kier molecular flexibility index (Phi) is 4.94. The van der Waals surface area contributed by atoms with E-state index in [1.807, 2.05) is 13.0 Å². The van der Waals surface area contributed by atoms with Crippen LogP contribution >= 0.6 is 11.6 Å². The van der Waals surface area contributed by atoms with Crippen molar-refractivity contribution in [3.63, 3.8) is 0 Å². The van der Waals surface area contributed by atoms with Crippen LogP contribution in [0.15, 0.2) is 6.07 Å². The van der Waals surface area contributed by atoms with Crippen LogP contribution < -0.4 is 5.32 Å². The minimum absolute atomic E-state index is 0.0972. The Balaban J connectivity index is 1.61. The zero-order chi connectivity index (χ0) is 17.3. The van der Waals surface area contributed by atoms with Crippen molar-refractivity contribution in [3.05, 3.63) is 17.0 Å². The number of ether oxygens (including phenoxy) is 1. The quantitative estimate of drug-likeness (QED) is 0.912. The first-order chi connectivity index (χ1) is 11.3. The van der Waals surface area contributed by atoms with Crippen LogP contribution in [0.1, 0.15) is 39.4 Å². The molecular formula is C16H25ClN6O. The molecule has 0 atom stereocenters. The fourth-order valence-electron chi connectivity index (χ4n) is 2.77. The first-order valence-electron chi connectivity index (χ1n) is 8.33. The predicted molar refractivity (Wildman–Crippen MR) is 94.5 cm³/mol. The SMILES string of the molecule is Cc1nnc2c(NC3CCN(COC(C)(C)C)CC3)cc(Cl)nn12. The summed E-state index contributed by atoms with van der Waals surface area (Å²) in [5.74, 6) is 0.727. The summed E-state index contributed by atoms with van der Waals surface area (Å²) in [6, 6.07) is 2.20. The van der Waals surface area contributed by atoms with Gasteiger partial charge in [0.1, 0.15) is 0 Å². The van der Waals surface area contributed by atoms with Gasteiger partial charge in [-0.3, -0.25) is 4.90 Å². The molecule has 132 valence electrons. The van der Waals surface area contributed by atoms with Crippen molar-refractivity contribution in [2.75, 3.05) is 25.1 Å². The van der Waals surface area contributed by atoms with Gasteiger partial charge in [0.2, 0.25) is 5.65 Å². The minimum Gasteiger partial charge on any atom is -0.379 e. The molecule has 8 heteroatoms. The third-order valence-corrected chi connectivity index (χ3v) is 4.31. The maximum absolute atomic E-state index is 6.13. The third kappa shape index (κ3) is 4.15. The minimum atomic E-state index is -0.0972. The third-order valence-electron chi connectivity index (χ3n) is 4.12. The van der Waals surface area contributed by atoms with Crippen LogP contribution in [0.25, 0.3) is 5.65 Å². The fourth-order valence-corrected chi connectivity index (χ4v) is 2.96. The number of hydrogen-bond acceptors (Lipinski definition) is 6. The normalized spacial score (nSPS) is 17.5. The molecule has 1 saturated heterocycles. The number of aromatic nitrogens is 4. The molecule has 1 fully saturated rings. The first kappa shape index (κ1) is 17.4. The number of nitrogens with one attached hydrogen (secondary N) is 1. The number of rotatable bonds is 4. The van der Waals surface area contributed by atoms with E-state index in [2.05, 4.69) is 46.3 Å². The second-order valence-corrected chi connectivity index (χ2v) is 7.67. The summed E-state index contributed by atoms with van der Waals surface area (Å²) in [6.45, 7) is 10.8. The summed E-state index contributed by atoms with van der Waals surface area (Å²) >= 11 is 6.13. The number of aryl methyl sites for hydroxylation is 1. The Hall–Kier alpha value is -1.44. The summed E-state index contributed by atoms with van der Waals surface area (Å²) in [5.41, 5.74) is 1.51. The van der Waals surface area contributed by atoms with Crippen molar-refractivity contribution < 1.29 is 4.74 Å². The van der Waals surface area contributed by atoms with E-state index in [1.54, 1.807) is 4.52 Å². The highest BCUT2D eigenvalue weighted by Gasteiger charge is 2.22. The molecule has 0 unspecified atom stereocenters. The van der Waals surface area contributed by atoms with Gasteiger partial charge in [0.15, 0.2) is 11.0 Å². The number of hydrogen-bond donors (Lipinski definition) is 1. The Morgan fingerprint density at radius 2 is 2.00 bits per heavy atom. The van der Waals surface area contributed by atoms with Crippen LogP contribution in [-0.4, -0.2) is 56.2 Å². The molecule has 1 aliphatic heterocycles. The molecule has 0 aromatic carbocycles. The first-order valence-corrected chi connectivity index (χ1v) is 8.71. The number of halogens is 1. The van der Waals surface area contributed by atoms with E-state index in [9.17, 15) is 0 Å². The van der Waals surface area contributed by atoms with Gasteiger partial charge in [0.05, 0.1) is 18.0 Å². The van der Waals surface area contributed by atoms with Crippen LogP contribution in [-0.2, 0) is 4.74 Å². The number of anilines is 1. The summed E-state index contributed by atoms with van der Waals surface area (Å²) < 4.78 is 7.53. The lowest BCUT2D eigenvalue weighted by Crippen LogP contribution is -2.41. The Bertz CT molecular complexity index is 702. The van der Waals surface area contributed by atoms with Crippen LogP contribution in [0.2, 0.25) is 5.15 Å². The van der Waals surface area contributed by atoms with Gasteiger partial charge >= 0.3 is 0 Å². The Labute approximate surface area is 147 Å². The van der Waals surface area contributed by atoms with Gasteiger partial charge in [-0.1, -0.05) is 11.6 Å². The van der Waals surface area contributed by atoms with E-state index in [-0.39, 0.29) is 5.60 Å². The Morgan fingerprint density at radius 1 is 1.29 bits per heavy atom. The lowest BCUT2D eigenvalue weighted by Gasteiger charge is -2.34. The van der Waals surface area contributed by atoms with Gasteiger partial charge in [-0.05, 0) is 40.5 Å². The second-order valence-electron chi connectivity index (χ2n) is 7.29. The average molecular weight is 353 g/mol. The molecule has 3 heterocycles. The van der Waals surface area contributed by atoms with E-state index < -0.39 is 0 Å². The van der Waals surface area contributed by atoms with Crippen molar-refractivity contribution >= 4 is 22.9 Å². The van der Waals surface area contributed by atoms with Crippen molar-refractivity contribution in [2.45, 2.75) is 52.2 Å².